The molecule has 1 heterocycles. The first-order valence-electron chi connectivity index (χ1n) is 11.1. The van der Waals surface area contributed by atoms with E-state index in [2.05, 4.69) is 17.3 Å². The lowest BCUT2D eigenvalue weighted by atomic mass is 10.0. The number of rotatable bonds is 7. The molecule has 1 aliphatic carbocycles. The predicted octanol–water partition coefficient (Wildman–Crippen LogP) is 4.99. The summed E-state index contributed by atoms with van der Waals surface area (Å²) < 4.78 is 16.5. The zero-order valence-corrected chi connectivity index (χ0v) is 18.5. The Morgan fingerprint density at radius 1 is 1.06 bits per heavy atom. The molecule has 0 aromatic heterocycles. The molecule has 0 bridgehead atoms. The summed E-state index contributed by atoms with van der Waals surface area (Å²) in [4.78, 5) is 15.4. The first-order chi connectivity index (χ1) is 15.6. The quantitative estimate of drug-likeness (QED) is 0.570. The highest BCUT2D eigenvalue weighted by atomic mass is 16.7. The molecule has 1 saturated carbocycles. The summed E-state index contributed by atoms with van der Waals surface area (Å²) in [5.74, 6) is 1.42. The van der Waals surface area contributed by atoms with Crippen molar-refractivity contribution in [3.63, 3.8) is 0 Å². The second-order valence-corrected chi connectivity index (χ2v) is 8.56. The van der Waals surface area contributed by atoms with Gasteiger partial charge < -0.3 is 24.4 Å². The number of methoxy groups -OCH3 is 1. The summed E-state index contributed by atoms with van der Waals surface area (Å²) in [6.07, 6.45) is 2.24. The summed E-state index contributed by atoms with van der Waals surface area (Å²) >= 11 is 0. The van der Waals surface area contributed by atoms with E-state index in [9.17, 15) is 4.79 Å². The summed E-state index contributed by atoms with van der Waals surface area (Å²) in [6.45, 7) is 2.20. The molecule has 1 saturated heterocycles. The number of hydrogen-bond donors (Lipinski definition) is 1. The van der Waals surface area contributed by atoms with E-state index in [1.54, 1.807) is 7.11 Å². The number of nitrogens with zero attached hydrogens (tertiary/aromatic N) is 1. The van der Waals surface area contributed by atoms with Crippen LogP contribution in [0.15, 0.2) is 54.6 Å². The number of nitrogens with one attached hydrogen (secondary N) is 1. The molecule has 0 spiro atoms. The Labute approximate surface area is 188 Å². The first-order valence-corrected chi connectivity index (χ1v) is 11.1. The molecule has 6 nitrogen and oxygen atoms in total. The van der Waals surface area contributed by atoms with Crippen molar-refractivity contribution in [2.45, 2.75) is 19.1 Å². The normalized spacial score (nSPS) is 16.3. The number of benzene rings is 3. The smallest absolute Gasteiger partial charge is 0.255 e. The number of ether oxygens (including phenoxy) is 3. The van der Waals surface area contributed by atoms with Crippen LogP contribution in [0.5, 0.6) is 5.75 Å². The van der Waals surface area contributed by atoms with Gasteiger partial charge >= 0.3 is 0 Å². The largest absolute Gasteiger partial charge is 0.497 e. The number of hydrogen-bond acceptors (Lipinski definition) is 5. The maximum Gasteiger partial charge on any atom is 0.255 e. The molecular formula is C26H28N2O4. The van der Waals surface area contributed by atoms with Crippen molar-refractivity contribution in [2.24, 2.45) is 5.92 Å². The molecule has 0 unspecified atom stereocenters. The molecule has 166 valence electrons. The zero-order chi connectivity index (χ0) is 22.1. The van der Waals surface area contributed by atoms with E-state index >= 15 is 0 Å². The van der Waals surface area contributed by atoms with Crippen LogP contribution in [0.1, 0.15) is 35.1 Å². The fourth-order valence-corrected chi connectivity index (χ4v) is 4.15. The van der Waals surface area contributed by atoms with Crippen LogP contribution in [0.4, 0.5) is 11.4 Å². The second-order valence-electron chi connectivity index (χ2n) is 8.56. The maximum absolute atomic E-state index is 13.1. The van der Waals surface area contributed by atoms with Gasteiger partial charge in [-0.25, -0.2) is 0 Å². The molecule has 1 aliphatic heterocycles. The number of fused-ring (bicyclic) bond motifs is 1. The van der Waals surface area contributed by atoms with E-state index < -0.39 is 0 Å². The Morgan fingerprint density at radius 2 is 1.81 bits per heavy atom. The first kappa shape index (κ1) is 20.8. The number of anilines is 2. The monoisotopic (exact) mass is 432 g/mol. The molecule has 2 aliphatic rings. The Bertz CT molecular complexity index is 1120. The zero-order valence-electron chi connectivity index (χ0n) is 18.5. The van der Waals surface area contributed by atoms with Crippen LogP contribution in [0.2, 0.25) is 0 Å². The molecule has 1 amide bonds. The van der Waals surface area contributed by atoms with Crippen LogP contribution < -0.4 is 15.0 Å². The third-order valence-corrected chi connectivity index (χ3v) is 6.10. The van der Waals surface area contributed by atoms with E-state index in [4.69, 9.17) is 14.2 Å². The molecule has 0 atom stereocenters. The minimum absolute atomic E-state index is 0.134. The molecule has 0 radical (unpaired) electrons. The Kier molecular flexibility index (Phi) is 5.72. The highest BCUT2D eigenvalue weighted by molar-refractivity contribution is 6.09. The van der Waals surface area contributed by atoms with E-state index in [0.717, 1.165) is 45.9 Å². The molecule has 32 heavy (non-hydrogen) atoms. The number of amides is 1. The van der Waals surface area contributed by atoms with E-state index in [-0.39, 0.29) is 12.2 Å². The van der Waals surface area contributed by atoms with E-state index in [1.165, 1.54) is 12.8 Å². The third-order valence-electron chi connectivity index (χ3n) is 6.10. The average molecular weight is 433 g/mol. The average Bonchev–Trinajstić information content (AvgIpc) is 3.46. The second kappa shape index (κ2) is 8.81. The Hall–Kier alpha value is -3.09. The van der Waals surface area contributed by atoms with Gasteiger partial charge in [0.2, 0.25) is 0 Å². The maximum atomic E-state index is 13.1. The lowest BCUT2D eigenvalue weighted by Crippen LogP contribution is -2.21. The van der Waals surface area contributed by atoms with Gasteiger partial charge in [0.1, 0.15) is 5.75 Å². The van der Waals surface area contributed by atoms with Crippen LogP contribution in [-0.4, -0.2) is 39.8 Å². The van der Waals surface area contributed by atoms with Gasteiger partial charge in [-0.2, -0.15) is 0 Å². The van der Waals surface area contributed by atoms with Gasteiger partial charge in [0.15, 0.2) is 6.29 Å². The van der Waals surface area contributed by atoms with Gasteiger partial charge in [-0.15, -0.1) is 0 Å². The van der Waals surface area contributed by atoms with Gasteiger partial charge in [0.05, 0.1) is 20.3 Å². The van der Waals surface area contributed by atoms with Crippen molar-refractivity contribution >= 4 is 28.1 Å². The lowest BCUT2D eigenvalue weighted by molar-refractivity contribution is -0.0441. The molecule has 6 heteroatoms. The minimum atomic E-state index is -0.318. The van der Waals surface area contributed by atoms with Gasteiger partial charge in [-0.1, -0.05) is 18.2 Å². The number of carbonyl (C=O) groups excluding carboxylic acids is 1. The third kappa shape index (κ3) is 4.42. The van der Waals surface area contributed by atoms with E-state index in [1.807, 2.05) is 54.6 Å². The van der Waals surface area contributed by atoms with Crippen LogP contribution in [0.25, 0.3) is 10.8 Å². The van der Waals surface area contributed by atoms with Gasteiger partial charge in [-0.05, 0) is 60.5 Å². The van der Waals surface area contributed by atoms with Gasteiger partial charge in [0, 0.05) is 41.5 Å². The Balaban J connectivity index is 1.41. The van der Waals surface area contributed by atoms with Crippen LogP contribution in [0.3, 0.4) is 0 Å². The SMILES string of the molecule is COc1ccc2cc(C(=O)Nc3ccc(C4OCCO4)cc3)cc(N(C)CC3CC3)c2c1. The van der Waals surface area contributed by atoms with Crippen molar-refractivity contribution in [3.8, 4) is 5.75 Å². The Morgan fingerprint density at radius 3 is 2.50 bits per heavy atom. The topological polar surface area (TPSA) is 60.0 Å². The number of carbonyl (C=O) groups is 1. The highest BCUT2D eigenvalue weighted by Gasteiger charge is 2.24. The van der Waals surface area contributed by atoms with Crippen LogP contribution >= 0.6 is 0 Å². The van der Waals surface area contributed by atoms with Crippen molar-refractivity contribution in [3.05, 3.63) is 65.7 Å². The van der Waals surface area contributed by atoms with E-state index in [0.29, 0.717) is 18.8 Å². The summed E-state index contributed by atoms with van der Waals surface area (Å²) in [6, 6.07) is 17.5. The van der Waals surface area contributed by atoms with Crippen LogP contribution in [0, 0.1) is 5.92 Å². The summed E-state index contributed by atoms with van der Waals surface area (Å²) in [7, 11) is 3.77. The van der Waals surface area contributed by atoms with Crippen LogP contribution in [-0.2, 0) is 9.47 Å². The van der Waals surface area contributed by atoms with Gasteiger partial charge in [-0.3, -0.25) is 4.79 Å². The summed E-state index contributed by atoms with van der Waals surface area (Å²) in [5, 5.41) is 5.12. The molecule has 5 rings (SSSR count). The standard InChI is InChI=1S/C26H28N2O4/c1-28(16-17-3-4-17)24-14-20(13-19-7-10-22(30-2)15-23(19)24)25(29)27-21-8-5-18(6-9-21)26-31-11-12-32-26/h5-10,13-15,17,26H,3-4,11-12,16H2,1-2H3,(H,27,29). The lowest BCUT2D eigenvalue weighted by Gasteiger charge is -2.22. The molecule has 1 N–H and O–H groups in total. The van der Waals surface area contributed by atoms with Crippen molar-refractivity contribution in [1.29, 1.82) is 0 Å². The van der Waals surface area contributed by atoms with Crippen molar-refractivity contribution < 1.29 is 19.0 Å². The van der Waals surface area contributed by atoms with Crippen molar-refractivity contribution in [2.75, 3.05) is 44.1 Å². The highest BCUT2D eigenvalue weighted by Crippen LogP contribution is 2.35. The molecule has 3 aromatic carbocycles. The van der Waals surface area contributed by atoms with Gasteiger partial charge in [0.25, 0.3) is 5.91 Å². The summed E-state index contributed by atoms with van der Waals surface area (Å²) in [5.41, 5.74) is 3.36. The molecular weight excluding hydrogens is 404 g/mol. The minimum Gasteiger partial charge on any atom is -0.497 e. The predicted molar refractivity (Wildman–Crippen MR) is 126 cm³/mol. The molecule has 3 aromatic rings. The molecule has 2 fully saturated rings. The fourth-order valence-electron chi connectivity index (χ4n) is 4.15. The fraction of sp³-hybridized carbons (Fsp3) is 0.346. The van der Waals surface area contributed by atoms with Crippen molar-refractivity contribution in [1.82, 2.24) is 0 Å².